The van der Waals surface area contributed by atoms with Crippen molar-refractivity contribution in [3.63, 3.8) is 0 Å². The molecule has 0 atom stereocenters. The van der Waals surface area contributed by atoms with Crippen molar-refractivity contribution in [3.8, 4) is 0 Å². The fourth-order valence-corrected chi connectivity index (χ4v) is 7.08. The van der Waals surface area contributed by atoms with Crippen LogP contribution < -0.4 is 10.5 Å². The first-order chi connectivity index (χ1) is 16.0. The van der Waals surface area contributed by atoms with Crippen LogP contribution in [0.15, 0.2) is 34.2 Å². The highest BCUT2D eigenvalue weighted by Gasteiger charge is 2.25. The molecule has 6 nitrogen and oxygen atoms in total. The Bertz CT molecular complexity index is 1240. The number of anilines is 1. The summed E-state index contributed by atoms with van der Waals surface area (Å²) >= 11 is 3.08. The van der Waals surface area contributed by atoms with Gasteiger partial charge in [0, 0.05) is 43.3 Å². The minimum Gasteiger partial charge on any atom is -0.368 e. The van der Waals surface area contributed by atoms with Gasteiger partial charge in [-0.15, -0.1) is 11.3 Å². The van der Waals surface area contributed by atoms with Crippen LogP contribution in [0.4, 0.5) is 5.69 Å². The molecular formula is C25H30N4O2S2. The number of rotatable bonds is 6. The topological polar surface area (TPSA) is 58.4 Å². The summed E-state index contributed by atoms with van der Waals surface area (Å²) in [6.45, 7) is 7.93. The van der Waals surface area contributed by atoms with Crippen LogP contribution in [0.2, 0.25) is 0 Å². The SMILES string of the molecule is CCCn1c(SCC(=O)N2CCN(c3cccc(C)c3)CC2)nc2sc3c(c2c1=O)CCC3. The van der Waals surface area contributed by atoms with E-state index in [1.165, 1.54) is 33.5 Å². The van der Waals surface area contributed by atoms with Crippen molar-refractivity contribution in [2.24, 2.45) is 0 Å². The Labute approximate surface area is 202 Å². The zero-order chi connectivity index (χ0) is 22.9. The van der Waals surface area contributed by atoms with Crippen LogP contribution in [-0.4, -0.2) is 52.3 Å². The lowest BCUT2D eigenvalue weighted by Crippen LogP contribution is -2.49. The third-order valence-corrected chi connectivity index (χ3v) is 8.71. The van der Waals surface area contributed by atoms with Crippen molar-refractivity contribution in [1.29, 1.82) is 0 Å². The Hall–Kier alpha value is -2.32. The van der Waals surface area contributed by atoms with E-state index in [0.29, 0.717) is 17.5 Å². The Kier molecular flexibility index (Phi) is 6.47. The molecule has 1 saturated heterocycles. The molecule has 0 radical (unpaired) electrons. The van der Waals surface area contributed by atoms with Gasteiger partial charge in [-0.05, 0) is 55.9 Å². The molecule has 174 valence electrons. The number of hydrogen-bond acceptors (Lipinski definition) is 6. The zero-order valence-electron chi connectivity index (χ0n) is 19.3. The minimum atomic E-state index is 0.0722. The molecule has 0 saturated carbocycles. The molecule has 1 aliphatic heterocycles. The Morgan fingerprint density at radius 1 is 1.18 bits per heavy atom. The fraction of sp³-hybridized carbons (Fsp3) is 0.480. The summed E-state index contributed by atoms with van der Waals surface area (Å²) in [7, 11) is 0. The molecule has 8 heteroatoms. The number of thiophene rings is 1. The quantitative estimate of drug-likeness (QED) is 0.391. The molecule has 0 N–H and O–H groups in total. The highest BCUT2D eigenvalue weighted by atomic mass is 32.2. The highest BCUT2D eigenvalue weighted by Crippen LogP contribution is 2.35. The van der Waals surface area contributed by atoms with E-state index in [4.69, 9.17) is 4.98 Å². The average Bonchev–Trinajstić information content (AvgIpc) is 3.41. The maximum atomic E-state index is 13.3. The first kappa shape index (κ1) is 22.5. The van der Waals surface area contributed by atoms with Gasteiger partial charge in [0.2, 0.25) is 5.91 Å². The van der Waals surface area contributed by atoms with Gasteiger partial charge in [0.15, 0.2) is 5.16 Å². The van der Waals surface area contributed by atoms with Crippen LogP contribution in [0.5, 0.6) is 0 Å². The van der Waals surface area contributed by atoms with E-state index in [1.807, 2.05) is 4.90 Å². The molecule has 5 rings (SSSR count). The summed E-state index contributed by atoms with van der Waals surface area (Å²) < 4.78 is 1.79. The van der Waals surface area contributed by atoms with Crippen molar-refractivity contribution in [2.45, 2.75) is 51.2 Å². The third kappa shape index (κ3) is 4.43. The summed E-state index contributed by atoms with van der Waals surface area (Å²) in [5.41, 5.74) is 3.76. The van der Waals surface area contributed by atoms with Crippen LogP contribution in [0, 0.1) is 6.92 Å². The lowest BCUT2D eigenvalue weighted by Gasteiger charge is -2.36. The van der Waals surface area contributed by atoms with Crippen LogP contribution in [0.1, 0.15) is 35.8 Å². The predicted molar refractivity (Wildman–Crippen MR) is 137 cm³/mol. The first-order valence-corrected chi connectivity index (χ1v) is 13.6. The number of carbonyl (C=O) groups excluding carboxylic acids is 1. The van der Waals surface area contributed by atoms with Gasteiger partial charge in [0.05, 0.1) is 11.1 Å². The summed E-state index contributed by atoms with van der Waals surface area (Å²) in [4.78, 5) is 37.6. The third-order valence-electron chi connectivity index (χ3n) is 6.56. The Morgan fingerprint density at radius 3 is 2.76 bits per heavy atom. The second-order valence-electron chi connectivity index (χ2n) is 8.88. The van der Waals surface area contributed by atoms with Crippen molar-refractivity contribution in [1.82, 2.24) is 14.5 Å². The molecule has 33 heavy (non-hydrogen) atoms. The Morgan fingerprint density at radius 2 is 2.00 bits per heavy atom. The number of aryl methyl sites for hydroxylation is 3. The van der Waals surface area contributed by atoms with E-state index in [2.05, 4.69) is 43.0 Å². The number of fused-ring (bicyclic) bond motifs is 3. The summed E-state index contributed by atoms with van der Waals surface area (Å²) in [5.74, 6) is 0.437. The molecule has 0 spiro atoms. The van der Waals surface area contributed by atoms with E-state index in [-0.39, 0.29) is 11.5 Å². The fourth-order valence-electron chi connectivity index (χ4n) is 4.85. The molecule has 0 bridgehead atoms. The number of benzene rings is 1. The predicted octanol–water partition coefficient (Wildman–Crippen LogP) is 4.11. The number of thioether (sulfide) groups is 1. The monoisotopic (exact) mass is 482 g/mol. The van der Waals surface area contributed by atoms with Crippen LogP contribution >= 0.6 is 23.1 Å². The lowest BCUT2D eigenvalue weighted by atomic mass is 10.2. The molecule has 2 aliphatic rings. The molecular weight excluding hydrogens is 452 g/mol. The lowest BCUT2D eigenvalue weighted by molar-refractivity contribution is -0.128. The molecule has 2 aromatic heterocycles. The smallest absolute Gasteiger partial charge is 0.263 e. The van der Waals surface area contributed by atoms with E-state index < -0.39 is 0 Å². The summed E-state index contributed by atoms with van der Waals surface area (Å²) in [5, 5.41) is 1.50. The number of nitrogens with zero attached hydrogens (tertiary/aromatic N) is 4. The van der Waals surface area contributed by atoms with Gasteiger partial charge in [-0.25, -0.2) is 4.98 Å². The van der Waals surface area contributed by atoms with E-state index >= 15 is 0 Å². The maximum Gasteiger partial charge on any atom is 0.263 e. The molecule has 1 aromatic carbocycles. The molecule has 3 aromatic rings. The van der Waals surface area contributed by atoms with Gasteiger partial charge in [-0.3, -0.25) is 14.2 Å². The number of carbonyl (C=O) groups is 1. The number of aromatic nitrogens is 2. The number of hydrogen-bond donors (Lipinski definition) is 0. The summed E-state index contributed by atoms with van der Waals surface area (Å²) in [6.07, 6.45) is 4.03. The van der Waals surface area contributed by atoms with Crippen LogP contribution in [0.3, 0.4) is 0 Å². The molecule has 3 heterocycles. The number of piperazine rings is 1. The second-order valence-corrected chi connectivity index (χ2v) is 10.9. The molecule has 1 amide bonds. The van der Waals surface area contributed by atoms with E-state index in [9.17, 15) is 9.59 Å². The standard InChI is InChI=1S/C25H30N4O2S2/c1-3-10-29-24(31)22-19-8-5-9-20(19)33-23(22)26-25(29)32-16-21(30)28-13-11-27(12-14-28)18-7-4-6-17(2)15-18/h4,6-7,15H,3,5,8-14,16H2,1-2H3. The maximum absolute atomic E-state index is 13.3. The highest BCUT2D eigenvalue weighted by molar-refractivity contribution is 7.99. The van der Waals surface area contributed by atoms with Gasteiger partial charge in [-0.2, -0.15) is 0 Å². The van der Waals surface area contributed by atoms with E-state index in [0.717, 1.165) is 62.1 Å². The van der Waals surface area contributed by atoms with Gasteiger partial charge in [-0.1, -0.05) is 30.8 Å². The average molecular weight is 483 g/mol. The van der Waals surface area contributed by atoms with E-state index in [1.54, 1.807) is 15.9 Å². The molecule has 1 aliphatic carbocycles. The van der Waals surface area contributed by atoms with Crippen molar-refractivity contribution >= 4 is 44.9 Å². The van der Waals surface area contributed by atoms with Gasteiger partial charge >= 0.3 is 0 Å². The normalized spacial score (nSPS) is 15.9. The number of amides is 1. The Balaban J connectivity index is 1.27. The van der Waals surface area contributed by atoms with Crippen molar-refractivity contribution < 1.29 is 4.79 Å². The zero-order valence-corrected chi connectivity index (χ0v) is 20.9. The van der Waals surface area contributed by atoms with Gasteiger partial charge in [0.25, 0.3) is 5.56 Å². The molecule has 1 fully saturated rings. The van der Waals surface area contributed by atoms with Crippen LogP contribution in [-0.2, 0) is 24.2 Å². The van der Waals surface area contributed by atoms with Crippen molar-refractivity contribution in [3.05, 3.63) is 50.6 Å². The van der Waals surface area contributed by atoms with Gasteiger partial charge in [0.1, 0.15) is 4.83 Å². The van der Waals surface area contributed by atoms with Crippen LogP contribution in [0.25, 0.3) is 10.2 Å². The van der Waals surface area contributed by atoms with Crippen molar-refractivity contribution in [2.75, 3.05) is 36.8 Å². The van der Waals surface area contributed by atoms with Gasteiger partial charge < -0.3 is 9.80 Å². The first-order valence-electron chi connectivity index (χ1n) is 11.8. The second kappa shape index (κ2) is 9.50. The molecule has 0 unspecified atom stereocenters. The summed E-state index contributed by atoms with van der Waals surface area (Å²) in [6, 6.07) is 8.52. The largest absolute Gasteiger partial charge is 0.368 e. The minimum absolute atomic E-state index is 0.0722.